The van der Waals surface area contributed by atoms with E-state index in [1.165, 1.54) is 5.56 Å². The molecule has 0 aliphatic heterocycles. The summed E-state index contributed by atoms with van der Waals surface area (Å²) in [5.74, 6) is 0.781. The number of nitrogens with zero attached hydrogens (tertiary/aromatic N) is 2. The molecule has 1 heterocycles. The van der Waals surface area contributed by atoms with Crippen molar-refractivity contribution < 1.29 is 9.53 Å². The Bertz CT molecular complexity index is 966. The number of halogens is 1. The Morgan fingerprint density at radius 2 is 2.11 bits per heavy atom. The minimum Gasteiger partial charge on any atom is -0.497 e. The third kappa shape index (κ3) is 4.64. The van der Waals surface area contributed by atoms with Crippen molar-refractivity contribution in [3.8, 4) is 5.75 Å². The number of aromatic amines is 1. The molecule has 0 spiro atoms. The van der Waals surface area contributed by atoms with Crippen LogP contribution in [0, 0.1) is 0 Å². The van der Waals surface area contributed by atoms with Crippen LogP contribution in [0.3, 0.4) is 0 Å². The van der Waals surface area contributed by atoms with Crippen molar-refractivity contribution in [2.24, 2.45) is 10.7 Å². The van der Waals surface area contributed by atoms with Crippen LogP contribution in [-0.2, 0) is 4.43 Å². The van der Waals surface area contributed by atoms with Crippen LogP contribution in [0.25, 0.3) is 0 Å². The number of ether oxygens (including phenoxy) is 1. The Hall–Kier alpha value is -2.88. The van der Waals surface area contributed by atoms with Gasteiger partial charge in [-0.3, -0.25) is 9.89 Å². The van der Waals surface area contributed by atoms with Crippen LogP contribution in [0.2, 0.25) is 0 Å². The van der Waals surface area contributed by atoms with Crippen LogP contribution < -0.4 is 15.8 Å². The number of aliphatic imine (C=N–C) groups is 1. The van der Waals surface area contributed by atoms with Crippen molar-refractivity contribution >= 4 is 52.0 Å². The van der Waals surface area contributed by atoms with Gasteiger partial charge in [0.15, 0.2) is 5.82 Å². The molecule has 0 radical (unpaired) electrons. The molecule has 0 bridgehead atoms. The summed E-state index contributed by atoms with van der Waals surface area (Å²) in [7, 11) is 1.61. The van der Waals surface area contributed by atoms with E-state index in [0.29, 0.717) is 5.82 Å². The van der Waals surface area contributed by atoms with Gasteiger partial charge in [0.1, 0.15) is 17.1 Å². The molecule has 138 valence electrons. The molecule has 1 amide bonds. The first kappa shape index (κ1) is 18.9. The highest BCUT2D eigenvalue weighted by Gasteiger charge is 2.18. The number of hydrogen-bond donors (Lipinski definition) is 3. The summed E-state index contributed by atoms with van der Waals surface area (Å²) in [5, 5.41) is 10.1. The lowest BCUT2D eigenvalue weighted by Crippen LogP contribution is -2.12. The van der Waals surface area contributed by atoms with Gasteiger partial charge >= 0.3 is 0 Å². The third-order valence-electron chi connectivity index (χ3n) is 3.80. The fourth-order valence-corrected chi connectivity index (χ4v) is 2.93. The maximum absolute atomic E-state index is 11.9. The number of carbonyl (C=O) groups excluding carboxylic acids is 1. The van der Waals surface area contributed by atoms with Crippen molar-refractivity contribution in [1.29, 1.82) is 0 Å². The minimum absolute atomic E-state index is 0.208. The van der Waals surface area contributed by atoms with Gasteiger partial charge in [-0.25, -0.2) is 4.99 Å². The fraction of sp³-hybridized carbons (Fsp3) is 0.105. The van der Waals surface area contributed by atoms with Crippen LogP contribution in [0.5, 0.6) is 5.75 Å². The number of nitrogens with one attached hydrogen (secondary N) is 2. The van der Waals surface area contributed by atoms with Crippen molar-refractivity contribution in [2.45, 2.75) is 4.43 Å². The highest BCUT2D eigenvalue weighted by Crippen LogP contribution is 2.27. The number of methoxy groups -OCH3 is 1. The monoisotopic (exact) mass is 475 g/mol. The van der Waals surface area contributed by atoms with Crippen LogP contribution in [0.15, 0.2) is 53.5 Å². The quantitative estimate of drug-likeness (QED) is 0.274. The number of primary amides is 1. The van der Waals surface area contributed by atoms with Crippen LogP contribution in [0.4, 0.5) is 17.3 Å². The largest absolute Gasteiger partial charge is 0.497 e. The van der Waals surface area contributed by atoms with Crippen molar-refractivity contribution in [1.82, 2.24) is 10.2 Å². The maximum atomic E-state index is 11.9. The molecule has 0 fully saturated rings. The van der Waals surface area contributed by atoms with E-state index >= 15 is 0 Å². The Kier molecular flexibility index (Phi) is 6.07. The molecule has 0 unspecified atom stereocenters. The van der Waals surface area contributed by atoms with Gasteiger partial charge < -0.3 is 15.8 Å². The third-order valence-corrected chi connectivity index (χ3v) is 4.68. The number of nitrogens with two attached hydrogens (primary N) is 1. The van der Waals surface area contributed by atoms with Gasteiger partial charge in [-0.05, 0) is 47.5 Å². The second-order valence-electron chi connectivity index (χ2n) is 5.65. The number of carbonyl (C=O) groups is 1. The number of rotatable bonds is 7. The van der Waals surface area contributed by atoms with E-state index < -0.39 is 5.91 Å². The molecule has 0 saturated heterocycles. The van der Waals surface area contributed by atoms with E-state index in [-0.39, 0.29) is 11.4 Å². The van der Waals surface area contributed by atoms with Gasteiger partial charge in [-0.1, -0.05) is 34.7 Å². The highest BCUT2D eigenvalue weighted by atomic mass is 127. The number of H-pyrrole nitrogens is 1. The zero-order valence-electron chi connectivity index (χ0n) is 14.6. The number of benzene rings is 2. The van der Waals surface area contributed by atoms with E-state index in [4.69, 9.17) is 10.5 Å². The molecule has 0 aliphatic carbocycles. The average molecular weight is 475 g/mol. The van der Waals surface area contributed by atoms with Gasteiger partial charge in [-0.15, -0.1) is 0 Å². The Morgan fingerprint density at radius 3 is 2.78 bits per heavy atom. The summed E-state index contributed by atoms with van der Waals surface area (Å²) < 4.78 is 6.01. The van der Waals surface area contributed by atoms with Gasteiger partial charge in [0.2, 0.25) is 0 Å². The second-order valence-corrected chi connectivity index (χ2v) is 6.41. The molecular formula is C19H18IN5O2. The predicted octanol–water partition coefficient (Wildman–Crippen LogP) is 3.95. The average Bonchev–Trinajstić information content (AvgIpc) is 3.09. The maximum Gasteiger partial charge on any atom is 0.256 e. The normalized spacial score (nSPS) is 10.9. The summed E-state index contributed by atoms with van der Waals surface area (Å²) in [4.78, 5) is 16.2. The zero-order valence-corrected chi connectivity index (χ0v) is 16.7. The smallest absolute Gasteiger partial charge is 0.256 e. The Balaban J connectivity index is 1.86. The van der Waals surface area contributed by atoms with Crippen molar-refractivity contribution in [2.75, 3.05) is 12.4 Å². The van der Waals surface area contributed by atoms with E-state index in [1.54, 1.807) is 13.3 Å². The Labute approximate surface area is 170 Å². The molecule has 3 rings (SSSR count). The molecule has 0 atom stereocenters. The van der Waals surface area contributed by atoms with Gasteiger partial charge in [0.05, 0.1) is 7.11 Å². The summed E-state index contributed by atoms with van der Waals surface area (Å²) in [6.07, 6.45) is 1.61. The Morgan fingerprint density at radius 1 is 1.33 bits per heavy atom. The van der Waals surface area contributed by atoms with Gasteiger partial charge in [0.25, 0.3) is 5.91 Å². The van der Waals surface area contributed by atoms with Crippen molar-refractivity contribution in [3.05, 3.63) is 65.2 Å². The molecule has 7 nitrogen and oxygen atoms in total. The van der Waals surface area contributed by atoms with Crippen LogP contribution in [0.1, 0.15) is 21.5 Å². The number of alkyl halides is 1. The SMILES string of the molecule is COc1ccc(C=Nc2n[nH]c(Nc3cccc(CI)c3)c2C(N)=O)cc1. The first-order chi connectivity index (χ1) is 13.1. The van der Waals surface area contributed by atoms with E-state index in [0.717, 1.165) is 21.4 Å². The second kappa shape index (κ2) is 8.67. The fourth-order valence-electron chi connectivity index (χ4n) is 2.45. The predicted molar refractivity (Wildman–Crippen MR) is 115 cm³/mol. The molecule has 1 aromatic heterocycles. The molecule has 0 saturated carbocycles. The summed E-state index contributed by atoms with van der Waals surface area (Å²) >= 11 is 2.29. The number of aromatic nitrogens is 2. The lowest BCUT2D eigenvalue weighted by molar-refractivity contribution is 0.100. The molecule has 3 aromatic rings. The molecule has 2 aromatic carbocycles. The summed E-state index contributed by atoms with van der Waals surface area (Å²) in [5.41, 5.74) is 8.60. The standard InChI is InChI=1S/C19H18IN5O2/c1-27-15-7-5-12(6-8-15)11-22-18-16(17(21)26)19(25-24-18)23-14-4-2-3-13(9-14)10-20/h2-9,11H,10H2,1H3,(H2,21,26)(H2,23,24,25). The number of hydrogen-bond acceptors (Lipinski definition) is 5. The molecule has 4 N–H and O–H groups in total. The summed E-state index contributed by atoms with van der Waals surface area (Å²) in [6.45, 7) is 0. The van der Waals surface area contributed by atoms with Gasteiger partial charge in [-0.2, -0.15) is 5.10 Å². The van der Waals surface area contributed by atoms with Crippen LogP contribution >= 0.6 is 22.6 Å². The minimum atomic E-state index is -0.613. The lowest BCUT2D eigenvalue weighted by atomic mass is 10.2. The van der Waals surface area contributed by atoms with Crippen LogP contribution in [-0.4, -0.2) is 29.4 Å². The topological polar surface area (TPSA) is 105 Å². The molecule has 0 aliphatic rings. The lowest BCUT2D eigenvalue weighted by Gasteiger charge is -2.06. The highest BCUT2D eigenvalue weighted by molar-refractivity contribution is 14.1. The molecular weight excluding hydrogens is 457 g/mol. The molecule has 27 heavy (non-hydrogen) atoms. The molecule has 8 heteroatoms. The summed E-state index contributed by atoms with van der Waals surface area (Å²) in [6, 6.07) is 15.2. The number of anilines is 2. The first-order valence-corrected chi connectivity index (χ1v) is 9.61. The van der Waals surface area contributed by atoms with Gasteiger partial charge in [0, 0.05) is 16.3 Å². The van der Waals surface area contributed by atoms with E-state index in [1.807, 2.05) is 48.5 Å². The van der Waals surface area contributed by atoms with Crippen molar-refractivity contribution in [3.63, 3.8) is 0 Å². The zero-order chi connectivity index (χ0) is 19.2. The first-order valence-electron chi connectivity index (χ1n) is 8.09. The van der Waals surface area contributed by atoms with E-state index in [2.05, 4.69) is 43.1 Å². The van der Waals surface area contributed by atoms with E-state index in [9.17, 15) is 4.79 Å². The number of amides is 1.